The lowest BCUT2D eigenvalue weighted by molar-refractivity contribution is 0.505. The number of halogens is 4. The molecule has 0 spiro atoms. The Balaban J connectivity index is 2.49. The van der Waals surface area contributed by atoms with Crippen LogP contribution in [0.1, 0.15) is 17.2 Å². The van der Waals surface area contributed by atoms with E-state index in [9.17, 15) is 8.78 Å². The van der Waals surface area contributed by atoms with Crippen LogP contribution in [0.2, 0.25) is 5.02 Å². The molecule has 0 aliphatic rings. The molecule has 0 aliphatic heterocycles. The maximum Gasteiger partial charge on any atom is 0.159 e. The third-order valence-electron chi connectivity index (χ3n) is 2.83. The molecule has 19 heavy (non-hydrogen) atoms. The molecule has 2 aromatic rings. The van der Waals surface area contributed by atoms with Gasteiger partial charge in [-0.05, 0) is 48.5 Å². The highest BCUT2D eigenvalue weighted by molar-refractivity contribution is 9.10. The third-order valence-corrected chi connectivity index (χ3v) is 3.79. The van der Waals surface area contributed by atoms with Gasteiger partial charge in [0, 0.05) is 9.50 Å². The van der Waals surface area contributed by atoms with Crippen molar-refractivity contribution >= 4 is 27.5 Å². The second-order valence-corrected chi connectivity index (χ2v) is 5.35. The van der Waals surface area contributed by atoms with Crippen molar-refractivity contribution in [2.75, 3.05) is 7.05 Å². The molecule has 1 atom stereocenters. The van der Waals surface area contributed by atoms with Gasteiger partial charge >= 0.3 is 0 Å². The van der Waals surface area contributed by atoms with E-state index in [1.54, 1.807) is 25.2 Å². The van der Waals surface area contributed by atoms with Crippen LogP contribution in [0.4, 0.5) is 8.78 Å². The van der Waals surface area contributed by atoms with Gasteiger partial charge in [-0.15, -0.1) is 0 Å². The molecule has 0 heterocycles. The van der Waals surface area contributed by atoms with Crippen LogP contribution in [0.25, 0.3) is 0 Å². The van der Waals surface area contributed by atoms with Crippen molar-refractivity contribution in [3.05, 3.63) is 68.7 Å². The Morgan fingerprint density at radius 3 is 2.47 bits per heavy atom. The first-order chi connectivity index (χ1) is 9.02. The Labute approximate surface area is 123 Å². The highest BCUT2D eigenvalue weighted by atomic mass is 79.9. The lowest BCUT2D eigenvalue weighted by Gasteiger charge is -2.19. The standard InChI is InChI=1S/C14H11BrClF2N/c1-19-14(8-2-5-12(17)13(18)6-8)10-7-9(16)3-4-11(10)15/h2-7,14,19H,1H3. The van der Waals surface area contributed by atoms with Gasteiger partial charge in [-0.3, -0.25) is 0 Å². The SMILES string of the molecule is CNC(c1ccc(F)c(F)c1)c1cc(Cl)ccc1Br. The summed E-state index contributed by atoms with van der Waals surface area (Å²) in [4.78, 5) is 0. The average Bonchev–Trinajstić information content (AvgIpc) is 2.38. The summed E-state index contributed by atoms with van der Waals surface area (Å²) in [6, 6.07) is 8.94. The first-order valence-electron chi connectivity index (χ1n) is 5.60. The highest BCUT2D eigenvalue weighted by Crippen LogP contribution is 2.31. The van der Waals surface area contributed by atoms with Gasteiger partial charge in [0.05, 0.1) is 6.04 Å². The van der Waals surface area contributed by atoms with E-state index in [1.165, 1.54) is 6.07 Å². The lowest BCUT2D eigenvalue weighted by atomic mass is 9.99. The predicted octanol–water partition coefficient (Wildman–Crippen LogP) is 4.69. The number of nitrogens with one attached hydrogen (secondary N) is 1. The van der Waals surface area contributed by atoms with E-state index in [4.69, 9.17) is 11.6 Å². The smallest absolute Gasteiger partial charge is 0.159 e. The normalized spacial score (nSPS) is 12.5. The van der Waals surface area contributed by atoms with Crippen LogP contribution in [0.5, 0.6) is 0 Å². The number of hydrogen-bond donors (Lipinski definition) is 1. The van der Waals surface area contributed by atoms with E-state index < -0.39 is 11.6 Å². The van der Waals surface area contributed by atoms with Crippen molar-refractivity contribution < 1.29 is 8.78 Å². The minimum Gasteiger partial charge on any atom is -0.309 e. The Morgan fingerprint density at radius 2 is 1.84 bits per heavy atom. The van der Waals surface area contributed by atoms with Gasteiger partial charge in [0.2, 0.25) is 0 Å². The van der Waals surface area contributed by atoms with Crippen LogP contribution in [0.3, 0.4) is 0 Å². The molecule has 0 radical (unpaired) electrons. The largest absolute Gasteiger partial charge is 0.309 e. The highest BCUT2D eigenvalue weighted by Gasteiger charge is 2.17. The summed E-state index contributed by atoms with van der Waals surface area (Å²) in [6.07, 6.45) is 0. The summed E-state index contributed by atoms with van der Waals surface area (Å²) in [6.45, 7) is 0. The quantitative estimate of drug-likeness (QED) is 0.850. The van der Waals surface area contributed by atoms with Gasteiger partial charge in [-0.1, -0.05) is 33.6 Å². The van der Waals surface area contributed by atoms with E-state index in [1.807, 2.05) is 6.07 Å². The molecule has 0 fully saturated rings. The molecular formula is C14H11BrClF2N. The molecule has 100 valence electrons. The van der Waals surface area contributed by atoms with E-state index in [-0.39, 0.29) is 6.04 Å². The minimum atomic E-state index is -0.865. The summed E-state index contributed by atoms with van der Waals surface area (Å²) in [5.74, 6) is -1.72. The van der Waals surface area contributed by atoms with E-state index >= 15 is 0 Å². The van der Waals surface area contributed by atoms with Crippen LogP contribution < -0.4 is 5.32 Å². The van der Waals surface area contributed by atoms with Crippen molar-refractivity contribution in [1.82, 2.24) is 5.32 Å². The van der Waals surface area contributed by atoms with E-state index in [2.05, 4.69) is 21.2 Å². The summed E-state index contributed by atoms with van der Waals surface area (Å²) in [7, 11) is 1.75. The monoisotopic (exact) mass is 345 g/mol. The van der Waals surface area contributed by atoms with Gasteiger partial charge in [0.1, 0.15) is 0 Å². The molecule has 1 nitrogen and oxygen atoms in total. The van der Waals surface area contributed by atoms with Crippen LogP contribution >= 0.6 is 27.5 Å². The van der Waals surface area contributed by atoms with Gasteiger partial charge in [-0.2, -0.15) is 0 Å². The van der Waals surface area contributed by atoms with Gasteiger partial charge in [0.15, 0.2) is 11.6 Å². The molecule has 0 aromatic heterocycles. The first-order valence-corrected chi connectivity index (χ1v) is 6.77. The molecule has 2 aromatic carbocycles. The second kappa shape index (κ2) is 5.99. The fourth-order valence-corrected chi connectivity index (χ4v) is 2.59. The fourth-order valence-electron chi connectivity index (χ4n) is 1.93. The molecule has 0 saturated carbocycles. The predicted molar refractivity (Wildman–Crippen MR) is 76.4 cm³/mol. The van der Waals surface area contributed by atoms with E-state index in [0.29, 0.717) is 10.6 Å². The molecule has 0 aliphatic carbocycles. The Morgan fingerprint density at radius 1 is 1.11 bits per heavy atom. The van der Waals surface area contributed by atoms with Crippen molar-refractivity contribution in [1.29, 1.82) is 0 Å². The molecular weight excluding hydrogens is 336 g/mol. The molecule has 0 amide bonds. The van der Waals surface area contributed by atoms with Crippen molar-refractivity contribution in [2.24, 2.45) is 0 Å². The van der Waals surface area contributed by atoms with Crippen molar-refractivity contribution in [2.45, 2.75) is 6.04 Å². The van der Waals surface area contributed by atoms with Crippen LogP contribution in [0.15, 0.2) is 40.9 Å². The van der Waals surface area contributed by atoms with E-state index in [0.717, 1.165) is 16.1 Å². The Hall–Kier alpha value is -0.970. The maximum absolute atomic E-state index is 13.3. The number of rotatable bonds is 3. The zero-order valence-corrected chi connectivity index (χ0v) is 12.4. The van der Waals surface area contributed by atoms with Crippen LogP contribution in [-0.2, 0) is 0 Å². The van der Waals surface area contributed by atoms with Crippen LogP contribution in [0, 0.1) is 11.6 Å². The van der Waals surface area contributed by atoms with Crippen molar-refractivity contribution in [3.8, 4) is 0 Å². The second-order valence-electron chi connectivity index (χ2n) is 4.06. The zero-order chi connectivity index (χ0) is 14.0. The molecule has 1 N–H and O–H groups in total. The van der Waals surface area contributed by atoms with Crippen LogP contribution in [-0.4, -0.2) is 7.05 Å². The number of hydrogen-bond acceptors (Lipinski definition) is 1. The Bertz CT molecular complexity index is 604. The fraction of sp³-hybridized carbons (Fsp3) is 0.143. The molecule has 2 rings (SSSR count). The maximum atomic E-state index is 13.3. The molecule has 5 heteroatoms. The molecule has 0 saturated heterocycles. The third kappa shape index (κ3) is 3.14. The summed E-state index contributed by atoms with van der Waals surface area (Å²) < 4.78 is 27.2. The minimum absolute atomic E-state index is 0.275. The lowest BCUT2D eigenvalue weighted by Crippen LogP contribution is -2.18. The first kappa shape index (κ1) is 14.4. The average molecular weight is 347 g/mol. The van der Waals surface area contributed by atoms with Crippen molar-refractivity contribution in [3.63, 3.8) is 0 Å². The summed E-state index contributed by atoms with van der Waals surface area (Å²) >= 11 is 9.41. The Kier molecular flexibility index (Phi) is 4.55. The van der Waals surface area contributed by atoms with Gasteiger partial charge < -0.3 is 5.32 Å². The molecule has 0 bridgehead atoms. The molecule has 1 unspecified atom stereocenters. The topological polar surface area (TPSA) is 12.0 Å². The summed E-state index contributed by atoms with van der Waals surface area (Å²) in [5.41, 5.74) is 1.49. The zero-order valence-electron chi connectivity index (χ0n) is 10.1. The van der Waals surface area contributed by atoms with Gasteiger partial charge in [0.25, 0.3) is 0 Å². The number of benzene rings is 2. The van der Waals surface area contributed by atoms with Gasteiger partial charge in [-0.25, -0.2) is 8.78 Å². The summed E-state index contributed by atoms with van der Waals surface area (Å²) in [5, 5.41) is 3.66.